The van der Waals surface area contributed by atoms with Crippen LogP contribution < -0.4 is 11.2 Å². The largest absolute Gasteiger partial charge is 0.350 e. The molecule has 3 N–H and O–H groups in total. The molecular weight excluding hydrogens is 166 g/mol. The van der Waals surface area contributed by atoms with Gasteiger partial charge in [-0.25, -0.2) is 10.2 Å². The van der Waals surface area contributed by atoms with Gasteiger partial charge in [-0.1, -0.05) is 20.8 Å². The summed E-state index contributed by atoms with van der Waals surface area (Å²) in [4.78, 5) is 10.5. The lowest BCUT2D eigenvalue weighted by Gasteiger charge is -2.17. The van der Waals surface area contributed by atoms with Gasteiger partial charge >= 0.3 is 6.03 Å². The highest BCUT2D eigenvalue weighted by atomic mass is 16.2. The number of nitrogens with two attached hydrogens (primary N) is 1. The van der Waals surface area contributed by atoms with Gasteiger partial charge in [0, 0.05) is 11.1 Å². The fourth-order valence-electron chi connectivity index (χ4n) is 1.99. The summed E-state index contributed by atoms with van der Waals surface area (Å²) in [7, 11) is 0. The van der Waals surface area contributed by atoms with Crippen LogP contribution in [0.2, 0.25) is 0 Å². The Balaban J connectivity index is 2.69. The summed E-state index contributed by atoms with van der Waals surface area (Å²) in [5.41, 5.74) is 8.37. The molecule has 0 aromatic heterocycles. The van der Waals surface area contributed by atoms with Gasteiger partial charge in [0.05, 0.1) is 0 Å². The van der Waals surface area contributed by atoms with Crippen LogP contribution in [0.5, 0.6) is 0 Å². The van der Waals surface area contributed by atoms with Gasteiger partial charge in [0.25, 0.3) is 0 Å². The molecule has 0 bridgehead atoms. The zero-order valence-electron chi connectivity index (χ0n) is 8.42. The van der Waals surface area contributed by atoms with Crippen LogP contribution in [0.1, 0.15) is 33.6 Å². The van der Waals surface area contributed by atoms with E-state index in [1.807, 2.05) is 0 Å². The second kappa shape index (κ2) is 3.36. The number of primary amides is 1. The van der Waals surface area contributed by atoms with Crippen molar-refractivity contribution in [3.63, 3.8) is 0 Å². The molecular formula is C9H17N3O. The van der Waals surface area contributed by atoms with Gasteiger partial charge in [-0.3, -0.25) is 0 Å². The van der Waals surface area contributed by atoms with Crippen LogP contribution in [0.25, 0.3) is 0 Å². The van der Waals surface area contributed by atoms with Crippen LogP contribution >= 0.6 is 0 Å². The molecule has 0 aromatic carbocycles. The molecule has 0 aliphatic heterocycles. The third kappa shape index (κ3) is 2.44. The van der Waals surface area contributed by atoms with Crippen molar-refractivity contribution in [3.05, 3.63) is 0 Å². The average molecular weight is 183 g/mol. The minimum Gasteiger partial charge on any atom is -0.350 e. The number of urea groups is 1. The second-order valence-corrected chi connectivity index (χ2v) is 4.43. The molecule has 0 spiro atoms. The van der Waals surface area contributed by atoms with E-state index in [2.05, 4.69) is 31.3 Å². The van der Waals surface area contributed by atoms with E-state index in [1.165, 1.54) is 0 Å². The third-order valence-corrected chi connectivity index (χ3v) is 2.48. The topological polar surface area (TPSA) is 67.5 Å². The van der Waals surface area contributed by atoms with Gasteiger partial charge in [0.15, 0.2) is 0 Å². The molecule has 4 nitrogen and oxygen atoms in total. The number of carbonyl (C=O) groups is 1. The summed E-state index contributed by atoms with van der Waals surface area (Å²) < 4.78 is 0. The van der Waals surface area contributed by atoms with Gasteiger partial charge in [-0.2, -0.15) is 5.10 Å². The van der Waals surface area contributed by atoms with Crippen molar-refractivity contribution in [1.29, 1.82) is 0 Å². The van der Waals surface area contributed by atoms with Crippen LogP contribution in [0.3, 0.4) is 0 Å². The molecule has 1 rings (SSSR count). The molecule has 1 saturated carbocycles. The quantitative estimate of drug-likeness (QED) is 0.594. The number of nitrogens with zero attached hydrogens (tertiary/aromatic N) is 1. The second-order valence-electron chi connectivity index (χ2n) is 4.43. The molecule has 1 aliphatic rings. The lowest BCUT2D eigenvalue weighted by atomic mass is 9.89. The molecule has 74 valence electrons. The summed E-state index contributed by atoms with van der Waals surface area (Å²) >= 11 is 0. The van der Waals surface area contributed by atoms with E-state index in [0.717, 1.165) is 18.6 Å². The lowest BCUT2D eigenvalue weighted by molar-refractivity contribution is 0.249. The molecule has 13 heavy (non-hydrogen) atoms. The van der Waals surface area contributed by atoms with E-state index in [0.29, 0.717) is 5.92 Å². The van der Waals surface area contributed by atoms with Crippen molar-refractivity contribution in [2.45, 2.75) is 33.6 Å². The van der Waals surface area contributed by atoms with Crippen molar-refractivity contribution in [2.24, 2.45) is 22.2 Å². The molecule has 0 saturated heterocycles. The highest BCUT2D eigenvalue weighted by Gasteiger charge is 2.35. The predicted octanol–water partition coefficient (Wildman–Crippen LogP) is 1.47. The first-order valence-electron chi connectivity index (χ1n) is 4.54. The fourth-order valence-corrected chi connectivity index (χ4v) is 1.99. The van der Waals surface area contributed by atoms with Crippen LogP contribution in [-0.4, -0.2) is 11.7 Å². The molecule has 1 atom stereocenters. The maximum absolute atomic E-state index is 10.5. The number of rotatable bonds is 1. The maximum Gasteiger partial charge on any atom is 0.332 e. The maximum atomic E-state index is 10.5. The molecule has 0 aromatic rings. The van der Waals surface area contributed by atoms with Crippen LogP contribution in [0.15, 0.2) is 5.10 Å². The molecule has 0 heterocycles. The van der Waals surface area contributed by atoms with Gasteiger partial charge in [-0.05, 0) is 18.8 Å². The normalized spacial score (nSPS) is 29.2. The van der Waals surface area contributed by atoms with E-state index in [-0.39, 0.29) is 5.41 Å². The first-order valence-corrected chi connectivity index (χ1v) is 4.54. The molecule has 2 amide bonds. The van der Waals surface area contributed by atoms with Crippen molar-refractivity contribution in [1.82, 2.24) is 5.43 Å². The molecule has 0 radical (unpaired) electrons. The summed E-state index contributed by atoms with van der Waals surface area (Å²) in [6.45, 7) is 6.46. The average Bonchev–Trinajstić information content (AvgIpc) is 2.19. The standard InChI is InChI=1S/C9H17N3O/c1-6-4-7(9(2,3)5-6)11-12-8(10)13/h6H,4-5H2,1-3H3,(H3,10,12,13)/b11-7+. The summed E-state index contributed by atoms with van der Waals surface area (Å²) in [5, 5.41) is 4.02. The number of hydrogen-bond donors (Lipinski definition) is 2. The molecule has 1 fully saturated rings. The Morgan fingerprint density at radius 2 is 2.31 bits per heavy atom. The van der Waals surface area contributed by atoms with E-state index >= 15 is 0 Å². The first kappa shape index (κ1) is 10.0. The number of hydrazone groups is 1. The van der Waals surface area contributed by atoms with Gasteiger partial charge < -0.3 is 5.73 Å². The summed E-state index contributed by atoms with van der Waals surface area (Å²) in [6, 6.07) is -0.595. The van der Waals surface area contributed by atoms with Gasteiger partial charge in [-0.15, -0.1) is 0 Å². The van der Waals surface area contributed by atoms with Crippen molar-refractivity contribution in [3.8, 4) is 0 Å². The number of carbonyl (C=O) groups excluding carboxylic acids is 1. The number of nitrogens with one attached hydrogen (secondary N) is 1. The Labute approximate surface area is 78.6 Å². The molecule has 1 aliphatic carbocycles. The highest BCUT2D eigenvalue weighted by Crippen LogP contribution is 2.38. The fraction of sp³-hybridized carbons (Fsp3) is 0.778. The SMILES string of the molecule is CC1C/C(=N\NC(N)=O)C(C)(C)C1. The van der Waals surface area contributed by atoms with Crippen LogP contribution in [-0.2, 0) is 0 Å². The predicted molar refractivity (Wildman–Crippen MR) is 52.3 cm³/mol. The Hall–Kier alpha value is -1.06. The lowest BCUT2D eigenvalue weighted by Crippen LogP contribution is -2.28. The Kier molecular flexibility index (Phi) is 2.59. The minimum atomic E-state index is -0.595. The zero-order chi connectivity index (χ0) is 10.1. The smallest absolute Gasteiger partial charge is 0.332 e. The number of hydrogen-bond acceptors (Lipinski definition) is 2. The molecule has 4 heteroatoms. The Morgan fingerprint density at radius 1 is 1.69 bits per heavy atom. The highest BCUT2D eigenvalue weighted by molar-refractivity contribution is 5.92. The van der Waals surface area contributed by atoms with E-state index in [1.54, 1.807) is 0 Å². The van der Waals surface area contributed by atoms with E-state index in [9.17, 15) is 4.79 Å². The third-order valence-electron chi connectivity index (χ3n) is 2.48. The number of amides is 2. The van der Waals surface area contributed by atoms with Crippen LogP contribution in [0, 0.1) is 11.3 Å². The van der Waals surface area contributed by atoms with E-state index in [4.69, 9.17) is 5.73 Å². The van der Waals surface area contributed by atoms with Crippen LogP contribution in [0.4, 0.5) is 4.79 Å². The van der Waals surface area contributed by atoms with Gasteiger partial charge in [0.1, 0.15) is 0 Å². The first-order chi connectivity index (χ1) is 5.92. The summed E-state index contributed by atoms with van der Waals surface area (Å²) in [5.74, 6) is 0.642. The minimum absolute atomic E-state index is 0.0991. The Bertz CT molecular complexity index is 245. The Morgan fingerprint density at radius 3 is 2.69 bits per heavy atom. The summed E-state index contributed by atoms with van der Waals surface area (Å²) in [6.07, 6.45) is 2.07. The molecule has 1 unspecified atom stereocenters. The zero-order valence-corrected chi connectivity index (χ0v) is 8.42. The van der Waals surface area contributed by atoms with Crippen molar-refractivity contribution < 1.29 is 4.79 Å². The van der Waals surface area contributed by atoms with Gasteiger partial charge in [0.2, 0.25) is 0 Å². The van der Waals surface area contributed by atoms with Crippen molar-refractivity contribution >= 4 is 11.7 Å². The van der Waals surface area contributed by atoms with Crippen molar-refractivity contribution in [2.75, 3.05) is 0 Å². The monoisotopic (exact) mass is 183 g/mol. The van der Waals surface area contributed by atoms with E-state index < -0.39 is 6.03 Å².